The van der Waals surface area contributed by atoms with E-state index < -0.39 is 0 Å². The molecule has 0 aliphatic carbocycles. The molecule has 1 rings (SSSR count). The molecule has 0 fully saturated rings. The number of unbranched alkanes of at least 4 members (excludes halogenated alkanes) is 1. The molecule has 0 spiro atoms. The Morgan fingerprint density at radius 3 is 2.25 bits per heavy atom. The highest BCUT2D eigenvalue weighted by molar-refractivity contribution is 5.47. The maximum absolute atomic E-state index is 9.44. The van der Waals surface area contributed by atoms with Crippen LogP contribution in [-0.2, 0) is 0 Å². The van der Waals surface area contributed by atoms with E-state index in [9.17, 15) is 5.11 Å². The number of anilines is 1. The van der Waals surface area contributed by atoms with Crippen molar-refractivity contribution in [2.24, 2.45) is 0 Å². The fourth-order valence-electron chi connectivity index (χ4n) is 1.78. The summed E-state index contributed by atoms with van der Waals surface area (Å²) in [7, 11) is 0. The normalized spacial score (nSPS) is 12.5. The molecule has 0 saturated carbocycles. The molecule has 0 saturated heterocycles. The van der Waals surface area contributed by atoms with Gasteiger partial charge >= 0.3 is 0 Å². The molecule has 0 amide bonds. The first-order chi connectivity index (χ1) is 7.69. The fourth-order valence-corrected chi connectivity index (χ4v) is 1.78. The van der Waals surface area contributed by atoms with Gasteiger partial charge in [-0.3, -0.25) is 0 Å². The number of nitrogens with zero attached hydrogens (tertiary/aromatic N) is 1. The van der Waals surface area contributed by atoms with Crippen LogP contribution in [0, 0.1) is 0 Å². The third-order valence-corrected chi connectivity index (χ3v) is 2.90. The lowest BCUT2D eigenvalue weighted by molar-refractivity contribution is 0.199. The SMILES string of the molecule is CCCCN(CC)c1ccc(C(C)O)cc1. The summed E-state index contributed by atoms with van der Waals surface area (Å²) in [6.07, 6.45) is 2.08. The number of aliphatic hydroxyl groups is 1. The molecule has 1 N–H and O–H groups in total. The van der Waals surface area contributed by atoms with Gasteiger partial charge in [-0.25, -0.2) is 0 Å². The van der Waals surface area contributed by atoms with Crippen molar-refractivity contribution >= 4 is 5.69 Å². The van der Waals surface area contributed by atoms with Crippen LogP contribution in [0.25, 0.3) is 0 Å². The van der Waals surface area contributed by atoms with Crippen LogP contribution in [0.1, 0.15) is 45.3 Å². The van der Waals surface area contributed by atoms with Crippen molar-refractivity contribution in [1.29, 1.82) is 0 Å². The molecule has 0 aliphatic rings. The summed E-state index contributed by atoms with van der Waals surface area (Å²) < 4.78 is 0. The summed E-state index contributed by atoms with van der Waals surface area (Å²) in [6.45, 7) is 8.33. The highest BCUT2D eigenvalue weighted by atomic mass is 16.3. The van der Waals surface area contributed by atoms with Crippen LogP contribution >= 0.6 is 0 Å². The van der Waals surface area contributed by atoms with E-state index in [1.54, 1.807) is 6.92 Å². The number of hydrogen-bond donors (Lipinski definition) is 1. The number of aliphatic hydroxyl groups excluding tert-OH is 1. The molecular weight excluding hydrogens is 198 g/mol. The molecule has 1 atom stereocenters. The Hall–Kier alpha value is -1.02. The summed E-state index contributed by atoms with van der Waals surface area (Å²) in [5.41, 5.74) is 2.23. The molecule has 0 aromatic heterocycles. The minimum atomic E-state index is -0.375. The molecule has 2 heteroatoms. The lowest BCUT2D eigenvalue weighted by Crippen LogP contribution is -2.23. The Kier molecular flexibility index (Phi) is 5.33. The third kappa shape index (κ3) is 3.53. The van der Waals surface area contributed by atoms with Crippen molar-refractivity contribution in [2.75, 3.05) is 18.0 Å². The summed E-state index contributed by atoms with van der Waals surface area (Å²) in [5.74, 6) is 0. The quantitative estimate of drug-likeness (QED) is 0.796. The molecule has 2 nitrogen and oxygen atoms in total. The van der Waals surface area contributed by atoms with Gasteiger partial charge in [0.1, 0.15) is 0 Å². The van der Waals surface area contributed by atoms with Crippen LogP contribution in [0.15, 0.2) is 24.3 Å². The first-order valence-corrected chi connectivity index (χ1v) is 6.22. The molecule has 0 bridgehead atoms. The lowest BCUT2D eigenvalue weighted by Gasteiger charge is -2.23. The van der Waals surface area contributed by atoms with Crippen molar-refractivity contribution < 1.29 is 5.11 Å². The van der Waals surface area contributed by atoms with E-state index in [-0.39, 0.29) is 6.10 Å². The molecular formula is C14H23NO. The Morgan fingerprint density at radius 1 is 1.19 bits per heavy atom. The second-order valence-electron chi connectivity index (χ2n) is 4.20. The van der Waals surface area contributed by atoms with Gasteiger partial charge in [-0.1, -0.05) is 25.5 Å². The molecule has 1 aromatic rings. The van der Waals surface area contributed by atoms with Crippen molar-refractivity contribution in [3.05, 3.63) is 29.8 Å². The predicted octanol–water partition coefficient (Wildman–Crippen LogP) is 3.37. The Balaban J connectivity index is 2.70. The number of hydrogen-bond acceptors (Lipinski definition) is 2. The van der Waals surface area contributed by atoms with Gasteiger partial charge in [0.2, 0.25) is 0 Å². The van der Waals surface area contributed by atoms with Gasteiger partial charge in [0, 0.05) is 18.8 Å². The zero-order valence-electron chi connectivity index (χ0n) is 10.6. The Morgan fingerprint density at radius 2 is 1.81 bits per heavy atom. The van der Waals surface area contributed by atoms with Gasteiger partial charge in [-0.2, -0.15) is 0 Å². The second kappa shape index (κ2) is 6.54. The van der Waals surface area contributed by atoms with E-state index in [1.165, 1.54) is 18.5 Å². The minimum Gasteiger partial charge on any atom is -0.389 e. The van der Waals surface area contributed by atoms with Crippen molar-refractivity contribution in [3.63, 3.8) is 0 Å². The number of benzene rings is 1. The van der Waals surface area contributed by atoms with Crippen LogP contribution in [0.5, 0.6) is 0 Å². The van der Waals surface area contributed by atoms with Crippen LogP contribution in [0.2, 0.25) is 0 Å². The zero-order chi connectivity index (χ0) is 12.0. The van der Waals surface area contributed by atoms with Gasteiger partial charge in [-0.05, 0) is 38.0 Å². The summed E-state index contributed by atoms with van der Waals surface area (Å²) in [5, 5.41) is 9.44. The molecule has 90 valence electrons. The van der Waals surface area contributed by atoms with Gasteiger partial charge < -0.3 is 10.0 Å². The molecule has 0 radical (unpaired) electrons. The maximum atomic E-state index is 9.44. The molecule has 1 aromatic carbocycles. The zero-order valence-corrected chi connectivity index (χ0v) is 10.6. The third-order valence-electron chi connectivity index (χ3n) is 2.90. The first kappa shape index (κ1) is 13.0. The van der Waals surface area contributed by atoms with Crippen molar-refractivity contribution in [2.45, 2.75) is 39.7 Å². The Labute approximate surface area is 98.9 Å². The van der Waals surface area contributed by atoms with E-state index in [4.69, 9.17) is 0 Å². The van der Waals surface area contributed by atoms with Gasteiger partial charge in [0.15, 0.2) is 0 Å². The minimum absolute atomic E-state index is 0.375. The van der Waals surface area contributed by atoms with Crippen molar-refractivity contribution in [1.82, 2.24) is 0 Å². The average Bonchev–Trinajstić information content (AvgIpc) is 2.30. The average molecular weight is 221 g/mol. The smallest absolute Gasteiger partial charge is 0.0761 e. The first-order valence-electron chi connectivity index (χ1n) is 6.22. The van der Waals surface area contributed by atoms with E-state index in [1.807, 2.05) is 12.1 Å². The molecule has 1 unspecified atom stereocenters. The largest absolute Gasteiger partial charge is 0.389 e. The van der Waals surface area contributed by atoms with Crippen LogP contribution < -0.4 is 4.90 Å². The van der Waals surface area contributed by atoms with E-state index in [2.05, 4.69) is 30.9 Å². The topological polar surface area (TPSA) is 23.5 Å². The molecule has 16 heavy (non-hydrogen) atoms. The van der Waals surface area contributed by atoms with Gasteiger partial charge in [-0.15, -0.1) is 0 Å². The predicted molar refractivity (Wildman–Crippen MR) is 69.9 cm³/mol. The summed E-state index contributed by atoms with van der Waals surface area (Å²) in [4.78, 5) is 2.37. The van der Waals surface area contributed by atoms with E-state index >= 15 is 0 Å². The van der Waals surface area contributed by atoms with E-state index in [0.29, 0.717) is 0 Å². The summed E-state index contributed by atoms with van der Waals surface area (Å²) >= 11 is 0. The number of rotatable bonds is 6. The standard InChI is InChI=1S/C14H23NO/c1-4-6-11-15(5-2)14-9-7-13(8-10-14)12(3)16/h7-10,12,16H,4-6,11H2,1-3H3. The van der Waals surface area contributed by atoms with Gasteiger partial charge in [0.25, 0.3) is 0 Å². The van der Waals surface area contributed by atoms with Crippen LogP contribution in [0.3, 0.4) is 0 Å². The second-order valence-corrected chi connectivity index (χ2v) is 4.20. The highest BCUT2D eigenvalue weighted by Crippen LogP contribution is 2.19. The van der Waals surface area contributed by atoms with Crippen molar-refractivity contribution in [3.8, 4) is 0 Å². The van der Waals surface area contributed by atoms with Crippen LogP contribution in [0.4, 0.5) is 5.69 Å². The molecule has 0 heterocycles. The highest BCUT2D eigenvalue weighted by Gasteiger charge is 2.05. The molecule has 0 aliphatic heterocycles. The lowest BCUT2D eigenvalue weighted by atomic mass is 10.1. The monoisotopic (exact) mass is 221 g/mol. The Bertz CT molecular complexity index is 292. The van der Waals surface area contributed by atoms with Gasteiger partial charge in [0.05, 0.1) is 6.10 Å². The summed E-state index contributed by atoms with van der Waals surface area (Å²) in [6, 6.07) is 8.21. The van der Waals surface area contributed by atoms with Crippen LogP contribution in [-0.4, -0.2) is 18.2 Å². The van der Waals surface area contributed by atoms with E-state index in [0.717, 1.165) is 18.7 Å². The maximum Gasteiger partial charge on any atom is 0.0761 e. The fraction of sp³-hybridized carbons (Fsp3) is 0.571.